The Bertz CT molecular complexity index is 83.4. The number of nitrogens with one attached hydrogen (secondary N) is 1. The molecule has 0 heterocycles. The molecule has 0 saturated carbocycles. The quantitative estimate of drug-likeness (QED) is 0.292. The van der Waals surface area contributed by atoms with Crippen LogP contribution in [-0.2, 0) is 0 Å². The summed E-state index contributed by atoms with van der Waals surface area (Å²) in [4.78, 5) is 0. The molecule has 0 atom stereocenters. The second-order valence-electron chi connectivity index (χ2n) is 1.34. The first-order chi connectivity index (χ1) is 3.72. The third kappa shape index (κ3) is 2.09. The van der Waals surface area contributed by atoms with E-state index in [0.717, 1.165) is 6.54 Å². The van der Waals surface area contributed by atoms with Crippen LogP contribution in [0.15, 0.2) is 0 Å². The van der Waals surface area contributed by atoms with Gasteiger partial charge < -0.3 is 5.32 Å². The first kappa shape index (κ1) is 7.65. The predicted molar refractivity (Wildman–Crippen MR) is 38.2 cm³/mol. The van der Waals surface area contributed by atoms with Crippen LogP contribution in [0.2, 0.25) is 0 Å². The molecule has 0 saturated heterocycles. The lowest BCUT2D eigenvalue weighted by Gasteiger charge is -2.15. The summed E-state index contributed by atoms with van der Waals surface area (Å²) < 4.78 is 0. The van der Waals surface area contributed by atoms with E-state index in [1.807, 2.05) is 6.92 Å². The number of hydrogen-bond acceptors (Lipinski definition) is 2. The van der Waals surface area contributed by atoms with Gasteiger partial charge in [-0.05, 0) is 19.1 Å². The van der Waals surface area contributed by atoms with Gasteiger partial charge in [0.15, 0.2) is 5.11 Å². The second kappa shape index (κ2) is 3.63. The van der Waals surface area contributed by atoms with Crippen LogP contribution in [0.3, 0.4) is 0 Å². The number of hydrogen-bond donors (Lipinski definition) is 2. The lowest BCUT2D eigenvalue weighted by atomic mass is 10.7. The van der Waals surface area contributed by atoms with E-state index in [9.17, 15) is 0 Å². The van der Waals surface area contributed by atoms with Crippen molar-refractivity contribution in [1.29, 1.82) is 0 Å². The molecular weight excluding hydrogens is 122 g/mol. The van der Waals surface area contributed by atoms with Gasteiger partial charge in [-0.1, -0.05) is 0 Å². The van der Waals surface area contributed by atoms with Crippen molar-refractivity contribution in [2.75, 3.05) is 13.6 Å². The van der Waals surface area contributed by atoms with Gasteiger partial charge in [-0.25, -0.2) is 5.84 Å². The second-order valence-corrected chi connectivity index (χ2v) is 1.73. The van der Waals surface area contributed by atoms with Crippen LogP contribution in [-0.4, -0.2) is 23.7 Å². The Labute approximate surface area is 54.8 Å². The van der Waals surface area contributed by atoms with Crippen LogP contribution in [0, 0.1) is 0 Å². The van der Waals surface area contributed by atoms with E-state index in [1.54, 1.807) is 7.05 Å². The summed E-state index contributed by atoms with van der Waals surface area (Å²) in [7, 11) is 1.75. The Morgan fingerprint density at radius 1 is 1.88 bits per heavy atom. The van der Waals surface area contributed by atoms with Crippen molar-refractivity contribution in [2.24, 2.45) is 5.84 Å². The molecule has 3 nitrogen and oxygen atoms in total. The molecule has 0 aromatic rings. The van der Waals surface area contributed by atoms with E-state index < -0.39 is 0 Å². The van der Waals surface area contributed by atoms with Crippen molar-refractivity contribution in [1.82, 2.24) is 10.3 Å². The van der Waals surface area contributed by atoms with Crippen molar-refractivity contribution >= 4 is 17.3 Å². The molecule has 0 aliphatic carbocycles. The third-order valence-electron chi connectivity index (χ3n) is 0.815. The maximum absolute atomic E-state index is 5.36. The van der Waals surface area contributed by atoms with Crippen molar-refractivity contribution in [3.05, 3.63) is 0 Å². The molecule has 0 bridgehead atoms. The standard InChI is InChI=1S/C4H11N3S/c1-3-7(5)4(8)6-2/h3,5H2,1-2H3,(H,6,8). The lowest BCUT2D eigenvalue weighted by molar-refractivity contribution is 0.460. The van der Waals surface area contributed by atoms with Crippen molar-refractivity contribution in [3.63, 3.8) is 0 Å². The van der Waals surface area contributed by atoms with Crippen LogP contribution >= 0.6 is 12.2 Å². The van der Waals surface area contributed by atoms with E-state index in [4.69, 9.17) is 18.1 Å². The molecule has 0 aliphatic rings. The smallest absolute Gasteiger partial charge is 0.182 e. The summed E-state index contributed by atoms with van der Waals surface area (Å²) in [5, 5.41) is 4.79. The zero-order valence-corrected chi connectivity index (χ0v) is 5.96. The van der Waals surface area contributed by atoms with Gasteiger partial charge in [0.05, 0.1) is 0 Å². The topological polar surface area (TPSA) is 41.3 Å². The Kier molecular flexibility index (Phi) is 3.47. The first-order valence-corrected chi connectivity index (χ1v) is 2.87. The molecule has 0 aromatic heterocycles. The Balaban J connectivity index is 3.46. The van der Waals surface area contributed by atoms with Gasteiger partial charge in [0.25, 0.3) is 0 Å². The minimum atomic E-state index is 0.576. The fourth-order valence-corrected chi connectivity index (χ4v) is 0.416. The predicted octanol–water partition coefficient (Wildman–Crippen LogP) is -0.314. The molecule has 0 aromatic carbocycles. The molecule has 0 rings (SSSR count). The van der Waals surface area contributed by atoms with Gasteiger partial charge in [-0.3, -0.25) is 5.01 Å². The van der Waals surface area contributed by atoms with Gasteiger partial charge >= 0.3 is 0 Å². The summed E-state index contributed by atoms with van der Waals surface area (Å²) in [6, 6.07) is 0. The van der Waals surface area contributed by atoms with E-state index in [2.05, 4.69) is 5.32 Å². The van der Waals surface area contributed by atoms with Crippen LogP contribution in [0.1, 0.15) is 6.92 Å². The molecule has 3 N–H and O–H groups in total. The molecule has 0 amide bonds. The zero-order chi connectivity index (χ0) is 6.57. The third-order valence-corrected chi connectivity index (χ3v) is 1.25. The highest BCUT2D eigenvalue weighted by atomic mass is 32.1. The molecule has 0 unspecified atom stereocenters. The highest BCUT2D eigenvalue weighted by Crippen LogP contribution is 1.75. The Morgan fingerprint density at radius 2 is 2.38 bits per heavy atom. The molecule has 0 aliphatic heterocycles. The van der Waals surface area contributed by atoms with Crippen LogP contribution in [0.4, 0.5) is 0 Å². The van der Waals surface area contributed by atoms with Gasteiger partial charge in [0, 0.05) is 13.6 Å². The minimum Gasteiger partial charge on any atom is -0.365 e. The molecular formula is C4H11N3S. The van der Waals surface area contributed by atoms with Crippen molar-refractivity contribution in [3.8, 4) is 0 Å². The van der Waals surface area contributed by atoms with Gasteiger partial charge in [0.1, 0.15) is 0 Å². The van der Waals surface area contributed by atoms with E-state index in [0.29, 0.717) is 5.11 Å². The average Bonchev–Trinajstić information content (AvgIpc) is 1.84. The fourth-order valence-electron chi connectivity index (χ4n) is 0.287. The Morgan fingerprint density at radius 3 is 2.50 bits per heavy atom. The molecule has 4 heteroatoms. The van der Waals surface area contributed by atoms with Crippen LogP contribution < -0.4 is 11.2 Å². The minimum absolute atomic E-state index is 0.576. The molecule has 8 heavy (non-hydrogen) atoms. The SMILES string of the molecule is CCN(N)C(=S)NC. The maximum Gasteiger partial charge on any atom is 0.182 e. The largest absolute Gasteiger partial charge is 0.365 e. The highest BCUT2D eigenvalue weighted by Gasteiger charge is 1.94. The summed E-state index contributed by atoms with van der Waals surface area (Å²) in [5.41, 5.74) is 0. The van der Waals surface area contributed by atoms with Gasteiger partial charge in [-0.15, -0.1) is 0 Å². The Hall–Kier alpha value is -0.350. The van der Waals surface area contributed by atoms with Gasteiger partial charge in [0.2, 0.25) is 0 Å². The normalized spacial score (nSPS) is 8.38. The molecule has 48 valence electrons. The van der Waals surface area contributed by atoms with Crippen LogP contribution in [0.5, 0.6) is 0 Å². The number of nitrogens with two attached hydrogens (primary N) is 1. The first-order valence-electron chi connectivity index (χ1n) is 2.46. The summed E-state index contributed by atoms with van der Waals surface area (Å²) in [6.45, 7) is 2.67. The zero-order valence-electron chi connectivity index (χ0n) is 5.14. The summed E-state index contributed by atoms with van der Waals surface area (Å²) in [6.07, 6.45) is 0. The summed E-state index contributed by atoms with van der Waals surface area (Å²) >= 11 is 4.77. The monoisotopic (exact) mass is 133 g/mol. The van der Waals surface area contributed by atoms with E-state index >= 15 is 0 Å². The number of hydrazine groups is 1. The maximum atomic E-state index is 5.36. The number of nitrogens with zero attached hydrogens (tertiary/aromatic N) is 1. The van der Waals surface area contributed by atoms with E-state index in [-0.39, 0.29) is 0 Å². The highest BCUT2D eigenvalue weighted by molar-refractivity contribution is 7.80. The molecule has 0 spiro atoms. The van der Waals surface area contributed by atoms with E-state index in [1.165, 1.54) is 5.01 Å². The molecule has 0 radical (unpaired) electrons. The number of rotatable bonds is 1. The van der Waals surface area contributed by atoms with Crippen molar-refractivity contribution in [2.45, 2.75) is 6.92 Å². The van der Waals surface area contributed by atoms with Crippen LogP contribution in [0.25, 0.3) is 0 Å². The van der Waals surface area contributed by atoms with Gasteiger partial charge in [-0.2, -0.15) is 0 Å². The molecule has 0 fully saturated rings. The fraction of sp³-hybridized carbons (Fsp3) is 0.750. The lowest BCUT2D eigenvalue weighted by Crippen LogP contribution is -2.42. The number of thiocarbonyl (C=S) groups is 1. The average molecular weight is 133 g/mol. The summed E-state index contributed by atoms with van der Waals surface area (Å²) in [5.74, 6) is 5.36. The van der Waals surface area contributed by atoms with Crippen molar-refractivity contribution < 1.29 is 0 Å².